The van der Waals surface area contributed by atoms with Crippen LogP contribution in [0.2, 0.25) is 0 Å². The summed E-state index contributed by atoms with van der Waals surface area (Å²) < 4.78 is 0. The Labute approximate surface area is 126 Å². The van der Waals surface area contributed by atoms with E-state index in [1.54, 1.807) is 6.20 Å². The SMILES string of the molecule is CC(C)(C)NC(=O)c1ccc(C(C)(C)C)c2ccnnc12. The summed E-state index contributed by atoms with van der Waals surface area (Å²) in [5.41, 5.74) is 2.10. The lowest BCUT2D eigenvalue weighted by Gasteiger charge is -2.23. The maximum Gasteiger partial charge on any atom is 0.253 e. The summed E-state index contributed by atoms with van der Waals surface area (Å²) in [4.78, 5) is 12.5. The maximum atomic E-state index is 12.5. The number of rotatable bonds is 1. The van der Waals surface area contributed by atoms with Gasteiger partial charge in [0.2, 0.25) is 0 Å². The van der Waals surface area contributed by atoms with Crippen LogP contribution in [0.25, 0.3) is 10.9 Å². The molecule has 1 amide bonds. The summed E-state index contributed by atoms with van der Waals surface area (Å²) in [6, 6.07) is 5.79. The molecule has 4 nitrogen and oxygen atoms in total. The van der Waals surface area contributed by atoms with Gasteiger partial charge in [-0.25, -0.2) is 0 Å². The van der Waals surface area contributed by atoms with Gasteiger partial charge in [0.05, 0.1) is 11.8 Å². The number of benzene rings is 1. The largest absolute Gasteiger partial charge is 0.347 e. The minimum atomic E-state index is -0.283. The van der Waals surface area contributed by atoms with E-state index in [1.165, 1.54) is 5.56 Å². The fourth-order valence-corrected chi connectivity index (χ4v) is 2.33. The Morgan fingerprint density at radius 1 is 1.05 bits per heavy atom. The van der Waals surface area contributed by atoms with E-state index in [9.17, 15) is 4.79 Å². The predicted octanol–water partition coefficient (Wildman–Crippen LogP) is 3.46. The zero-order valence-electron chi connectivity index (χ0n) is 13.6. The molecule has 0 aliphatic carbocycles. The van der Waals surface area contributed by atoms with Crippen LogP contribution in [-0.4, -0.2) is 21.6 Å². The molecule has 0 saturated heterocycles. The van der Waals surface area contributed by atoms with E-state index in [0.717, 1.165) is 5.39 Å². The van der Waals surface area contributed by atoms with Crippen LogP contribution in [0.1, 0.15) is 57.5 Å². The molecule has 0 bridgehead atoms. The summed E-state index contributed by atoms with van der Waals surface area (Å²) in [7, 11) is 0. The summed E-state index contributed by atoms with van der Waals surface area (Å²) in [5.74, 6) is -0.117. The molecule has 2 rings (SSSR count). The van der Waals surface area contributed by atoms with E-state index in [0.29, 0.717) is 11.1 Å². The first-order valence-electron chi connectivity index (χ1n) is 7.17. The van der Waals surface area contributed by atoms with Gasteiger partial charge in [-0.05, 0) is 43.9 Å². The maximum absolute atomic E-state index is 12.5. The quantitative estimate of drug-likeness (QED) is 0.873. The van der Waals surface area contributed by atoms with E-state index < -0.39 is 0 Å². The van der Waals surface area contributed by atoms with Gasteiger partial charge in [-0.3, -0.25) is 4.79 Å². The molecular weight excluding hydrogens is 262 g/mol. The Kier molecular flexibility index (Phi) is 3.74. The van der Waals surface area contributed by atoms with Crippen LogP contribution in [0.3, 0.4) is 0 Å². The lowest BCUT2D eigenvalue weighted by atomic mass is 9.84. The third-order valence-electron chi connectivity index (χ3n) is 3.22. The second kappa shape index (κ2) is 5.10. The third kappa shape index (κ3) is 3.38. The molecule has 1 aromatic carbocycles. The Morgan fingerprint density at radius 2 is 1.71 bits per heavy atom. The number of hydrogen-bond acceptors (Lipinski definition) is 3. The summed E-state index contributed by atoms with van der Waals surface area (Å²) >= 11 is 0. The zero-order chi connectivity index (χ0) is 15.8. The number of aromatic nitrogens is 2. The molecule has 0 saturated carbocycles. The van der Waals surface area contributed by atoms with Crippen LogP contribution in [0.5, 0.6) is 0 Å². The van der Waals surface area contributed by atoms with E-state index in [2.05, 4.69) is 36.3 Å². The highest BCUT2D eigenvalue weighted by Gasteiger charge is 2.22. The number of nitrogens with one attached hydrogen (secondary N) is 1. The smallest absolute Gasteiger partial charge is 0.253 e. The number of fused-ring (bicyclic) bond motifs is 1. The van der Waals surface area contributed by atoms with Crippen molar-refractivity contribution in [1.82, 2.24) is 15.5 Å². The topological polar surface area (TPSA) is 54.9 Å². The second-order valence-corrected chi connectivity index (χ2v) is 7.41. The first kappa shape index (κ1) is 15.4. The first-order valence-corrected chi connectivity index (χ1v) is 7.17. The number of carbonyl (C=O) groups is 1. The molecule has 112 valence electrons. The summed E-state index contributed by atoms with van der Waals surface area (Å²) in [6.07, 6.45) is 1.67. The molecule has 4 heteroatoms. The van der Waals surface area contributed by atoms with Gasteiger partial charge >= 0.3 is 0 Å². The van der Waals surface area contributed by atoms with Crippen LogP contribution < -0.4 is 5.32 Å². The predicted molar refractivity (Wildman–Crippen MR) is 85.5 cm³/mol. The van der Waals surface area contributed by atoms with Gasteiger partial charge in [-0.2, -0.15) is 5.10 Å². The van der Waals surface area contributed by atoms with Gasteiger partial charge < -0.3 is 5.32 Å². The highest BCUT2D eigenvalue weighted by atomic mass is 16.1. The van der Waals surface area contributed by atoms with Crippen molar-refractivity contribution in [3.8, 4) is 0 Å². The van der Waals surface area contributed by atoms with Gasteiger partial charge in [0.15, 0.2) is 0 Å². The lowest BCUT2D eigenvalue weighted by molar-refractivity contribution is 0.0921. The molecule has 1 heterocycles. The molecule has 0 spiro atoms. The summed E-state index contributed by atoms with van der Waals surface area (Å²) in [6.45, 7) is 12.3. The van der Waals surface area contributed by atoms with Crippen molar-refractivity contribution < 1.29 is 4.79 Å². The van der Waals surface area contributed by atoms with E-state index in [4.69, 9.17) is 0 Å². The van der Waals surface area contributed by atoms with Crippen LogP contribution in [0.15, 0.2) is 24.4 Å². The van der Waals surface area contributed by atoms with Gasteiger partial charge in [0.25, 0.3) is 5.91 Å². The van der Waals surface area contributed by atoms with Gasteiger partial charge in [0.1, 0.15) is 5.52 Å². The highest BCUT2D eigenvalue weighted by molar-refractivity contribution is 6.06. The molecule has 0 fully saturated rings. The van der Waals surface area contributed by atoms with Crippen molar-refractivity contribution in [2.75, 3.05) is 0 Å². The van der Waals surface area contributed by atoms with Crippen molar-refractivity contribution in [3.63, 3.8) is 0 Å². The molecule has 21 heavy (non-hydrogen) atoms. The molecule has 0 aliphatic rings. The number of amides is 1. The van der Waals surface area contributed by atoms with Crippen LogP contribution in [0, 0.1) is 0 Å². The first-order chi connectivity index (χ1) is 9.59. The van der Waals surface area contributed by atoms with E-state index >= 15 is 0 Å². The molecule has 0 unspecified atom stereocenters. The Hall–Kier alpha value is -1.97. The van der Waals surface area contributed by atoms with E-state index in [1.807, 2.05) is 39.0 Å². The van der Waals surface area contributed by atoms with Crippen molar-refractivity contribution in [2.24, 2.45) is 0 Å². The third-order valence-corrected chi connectivity index (χ3v) is 3.22. The van der Waals surface area contributed by atoms with Crippen LogP contribution in [-0.2, 0) is 5.41 Å². The standard InChI is InChI=1S/C17H23N3O/c1-16(2,3)13-8-7-12(15(21)19-17(4,5)6)14-11(13)9-10-18-20-14/h7-10H,1-6H3,(H,19,21). The van der Waals surface area contributed by atoms with E-state index in [-0.39, 0.29) is 16.9 Å². The van der Waals surface area contributed by atoms with Crippen molar-refractivity contribution in [2.45, 2.75) is 52.5 Å². The molecular formula is C17H23N3O. The molecule has 1 N–H and O–H groups in total. The minimum absolute atomic E-state index is 0.0136. The van der Waals surface area contributed by atoms with Crippen molar-refractivity contribution in [1.29, 1.82) is 0 Å². The zero-order valence-corrected chi connectivity index (χ0v) is 13.6. The molecule has 0 atom stereocenters. The number of carbonyl (C=O) groups excluding carboxylic acids is 1. The second-order valence-electron chi connectivity index (χ2n) is 7.41. The Morgan fingerprint density at radius 3 is 2.29 bits per heavy atom. The normalized spacial score (nSPS) is 12.5. The fourth-order valence-electron chi connectivity index (χ4n) is 2.33. The summed E-state index contributed by atoms with van der Waals surface area (Å²) in [5, 5.41) is 12.1. The Bertz CT molecular complexity index is 678. The highest BCUT2D eigenvalue weighted by Crippen LogP contribution is 2.30. The fraction of sp³-hybridized carbons (Fsp3) is 0.471. The van der Waals surface area contributed by atoms with Gasteiger partial charge in [0, 0.05) is 10.9 Å². The Balaban J connectivity index is 2.61. The van der Waals surface area contributed by atoms with Crippen LogP contribution in [0.4, 0.5) is 0 Å². The number of hydrogen-bond donors (Lipinski definition) is 1. The van der Waals surface area contributed by atoms with Crippen LogP contribution >= 0.6 is 0 Å². The average Bonchev–Trinajstić information content (AvgIpc) is 2.34. The molecule has 1 aromatic heterocycles. The van der Waals surface area contributed by atoms with Crippen molar-refractivity contribution >= 4 is 16.8 Å². The monoisotopic (exact) mass is 285 g/mol. The molecule has 0 aliphatic heterocycles. The molecule has 2 aromatic rings. The lowest BCUT2D eigenvalue weighted by Crippen LogP contribution is -2.40. The number of nitrogens with zero attached hydrogens (tertiary/aromatic N) is 2. The average molecular weight is 285 g/mol. The minimum Gasteiger partial charge on any atom is -0.347 e. The van der Waals surface area contributed by atoms with Gasteiger partial charge in [-0.15, -0.1) is 5.10 Å². The van der Waals surface area contributed by atoms with Crippen molar-refractivity contribution in [3.05, 3.63) is 35.5 Å². The van der Waals surface area contributed by atoms with Gasteiger partial charge in [-0.1, -0.05) is 26.8 Å². The molecule has 0 radical (unpaired) electrons.